The summed E-state index contributed by atoms with van der Waals surface area (Å²) in [5.74, 6) is 0.0177. The van der Waals surface area contributed by atoms with Crippen molar-refractivity contribution in [2.75, 3.05) is 19.6 Å². The lowest BCUT2D eigenvalue weighted by Gasteiger charge is -2.31. The Balaban J connectivity index is 1.37. The Labute approximate surface area is 176 Å². The van der Waals surface area contributed by atoms with Crippen molar-refractivity contribution in [3.63, 3.8) is 0 Å². The van der Waals surface area contributed by atoms with Gasteiger partial charge in [-0.15, -0.1) is 11.3 Å². The van der Waals surface area contributed by atoms with Crippen LogP contribution in [0.15, 0.2) is 42.2 Å². The number of alkyl halides is 3. The molecule has 1 aliphatic heterocycles. The molecule has 0 unspecified atom stereocenters. The molecule has 0 atom stereocenters. The maximum Gasteiger partial charge on any atom is 0.390 e. The fourth-order valence-corrected chi connectivity index (χ4v) is 4.50. The first-order chi connectivity index (χ1) is 14.4. The molecule has 1 fully saturated rings. The number of nitrogens with zero attached hydrogens (tertiary/aromatic N) is 3. The number of ketones is 1. The summed E-state index contributed by atoms with van der Waals surface area (Å²) in [5, 5.41) is 2.04. The Bertz CT molecular complexity index is 1010. The second-order valence-corrected chi connectivity index (χ2v) is 8.61. The minimum absolute atomic E-state index is 0.0126. The van der Waals surface area contributed by atoms with Crippen molar-refractivity contribution in [3.05, 3.63) is 47.9 Å². The van der Waals surface area contributed by atoms with Crippen molar-refractivity contribution < 1.29 is 18.0 Å². The maximum absolute atomic E-state index is 12.7. The standard InChI is InChI=1S/C22H22F3N3OS/c23-22(24,25)5-8-28-6-3-15(4-7-28)20(29)11-19-10-18-9-16(21-13-26-14-30-21)1-2-17(18)12-27-19/h1-2,9-10,12-15H,3-8,11H2. The molecule has 1 saturated heterocycles. The maximum atomic E-state index is 12.7. The number of halogens is 3. The number of Topliss-reactive ketones (excluding diaryl/α,β-unsaturated/α-hetero) is 1. The van der Waals surface area contributed by atoms with E-state index in [0.717, 1.165) is 26.9 Å². The van der Waals surface area contributed by atoms with Gasteiger partial charge in [0.2, 0.25) is 0 Å². The van der Waals surface area contributed by atoms with Gasteiger partial charge >= 0.3 is 6.18 Å². The Morgan fingerprint density at radius 3 is 2.63 bits per heavy atom. The lowest BCUT2D eigenvalue weighted by atomic mass is 9.90. The predicted octanol–water partition coefficient (Wildman–Crippen LogP) is 5.13. The van der Waals surface area contributed by atoms with Gasteiger partial charge in [-0.3, -0.25) is 14.8 Å². The summed E-state index contributed by atoms with van der Waals surface area (Å²) in [6, 6.07) is 8.09. The van der Waals surface area contributed by atoms with E-state index in [1.165, 1.54) is 0 Å². The van der Waals surface area contributed by atoms with E-state index in [9.17, 15) is 18.0 Å². The van der Waals surface area contributed by atoms with Crippen LogP contribution in [0.2, 0.25) is 0 Å². The Hall–Kier alpha value is -2.32. The molecular weight excluding hydrogens is 411 g/mol. The van der Waals surface area contributed by atoms with Crippen LogP contribution in [0.1, 0.15) is 25.0 Å². The first-order valence-electron chi connectivity index (χ1n) is 9.97. The average molecular weight is 433 g/mol. The van der Waals surface area contributed by atoms with E-state index < -0.39 is 12.6 Å². The van der Waals surface area contributed by atoms with Crippen LogP contribution in [-0.2, 0) is 11.2 Å². The van der Waals surface area contributed by atoms with Gasteiger partial charge in [0.05, 0.1) is 16.8 Å². The minimum Gasteiger partial charge on any atom is -0.303 e. The molecule has 3 aromatic rings. The molecule has 2 aromatic heterocycles. The number of hydrogen-bond donors (Lipinski definition) is 0. The molecule has 0 N–H and O–H groups in total. The van der Waals surface area contributed by atoms with E-state index in [1.807, 2.05) is 24.4 Å². The van der Waals surface area contributed by atoms with Crippen LogP contribution in [0.25, 0.3) is 21.2 Å². The number of thiazole rings is 1. The van der Waals surface area contributed by atoms with Gasteiger partial charge in [-0.1, -0.05) is 12.1 Å². The number of aromatic nitrogens is 2. The van der Waals surface area contributed by atoms with Crippen molar-refractivity contribution in [2.45, 2.75) is 31.9 Å². The molecule has 0 spiro atoms. The van der Waals surface area contributed by atoms with Gasteiger partial charge in [-0.05, 0) is 49.0 Å². The Morgan fingerprint density at radius 2 is 1.93 bits per heavy atom. The highest BCUT2D eigenvalue weighted by Gasteiger charge is 2.30. The van der Waals surface area contributed by atoms with E-state index in [4.69, 9.17) is 0 Å². The molecule has 0 bridgehead atoms. The second kappa shape index (κ2) is 8.81. The number of pyridine rings is 1. The van der Waals surface area contributed by atoms with Crippen molar-refractivity contribution in [3.8, 4) is 10.4 Å². The second-order valence-electron chi connectivity index (χ2n) is 7.73. The number of piperidine rings is 1. The van der Waals surface area contributed by atoms with Crippen molar-refractivity contribution in [1.82, 2.24) is 14.9 Å². The summed E-state index contributed by atoms with van der Waals surface area (Å²) < 4.78 is 37.2. The van der Waals surface area contributed by atoms with Crippen LogP contribution in [0.3, 0.4) is 0 Å². The van der Waals surface area contributed by atoms with Gasteiger partial charge in [0.15, 0.2) is 0 Å². The highest BCUT2D eigenvalue weighted by molar-refractivity contribution is 7.13. The van der Waals surface area contributed by atoms with Crippen LogP contribution in [0.5, 0.6) is 0 Å². The molecule has 158 valence electrons. The van der Waals surface area contributed by atoms with Crippen LogP contribution >= 0.6 is 11.3 Å². The summed E-state index contributed by atoms with van der Waals surface area (Å²) in [5.41, 5.74) is 3.61. The van der Waals surface area contributed by atoms with Crippen LogP contribution < -0.4 is 0 Å². The minimum atomic E-state index is -4.13. The summed E-state index contributed by atoms with van der Waals surface area (Å²) in [6.07, 6.45) is 0.171. The van der Waals surface area contributed by atoms with Crippen molar-refractivity contribution in [2.24, 2.45) is 5.92 Å². The number of carbonyl (C=O) groups is 1. The molecule has 0 aliphatic carbocycles. The van der Waals surface area contributed by atoms with E-state index >= 15 is 0 Å². The summed E-state index contributed by atoms with van der Waals surface area (Å²) in [4.78, 5) is 24.2. The Kier molecular flexibility index (Phi) is 6.15. The molecule has 0 radical (unpaired) electrons. The zero-order valence-electron chi connectivity index (χ0n) is 16.4. The number of fused-ring (bicyclic) bond motifs is 1. The third-order valence-electron chi connectivity index (χ3n) is 5.60. The first-order valence-corrected chi connectivity index (χ1v) is 10.8. The number of likely N-dealkylation sites (tertiary alicyclic amines) is 1. The highest BCUT2D eigenvalue weighted by atomic mass is 32.1. The molecule has 8 heteroatoms. The third-order valence-corrected chi connectivity index (χ3v) is 6.43. The number of hydrogen-bond acceptors (Lipinski definition) is 5. The van der Waals surface area contributed by atoms with Gasteiger partial charge in [0.1, 0.15) is 5.78 Å². The monoisotopic (exact) mass is 433 g/mol. The molecule has 3 heterocycles. The normalized spacial score (nSPS) is 16.2. The van der Waals surface area contributed by atoms with Crippen LogP contribution in [0, 0.1) is 5.92 Å². The molecule has 1 aromatic carbocycles. The quantitative estimate of drug-likeness (QED) is 0.540. The molecule has 4 rings (SSSR count). The van der Waals surface area contributed by atoms with Crippen molar-refractivity contribution >= 4 is 27.9 Å². The molecule has 30 heavy (non-hydrogen) atoms. The zero-order valence-corrected chi connectivity index (χ0v) is 17.2. The Morgan fingerprint density at radius 1 is 1.13 bits per heavy atom. The SMILES string of the molecule is O=C(Cc1cc2cc(-c3cncs3)ccc2cn1)C1CCN(CCC(F)(F)F)CC1. The number of benzene rings is 1. The number of carbonyl (C=O) groups excluding carboxylic acids is 1. The average Bonchev–Trinajstić information content (AvgIpc) is 3.26. The van der Waals surface area contributed by atoms with Crippen molar-refractivity contribution in [1.29, 1.82) is 0 Å². The predicted molar refractivity (Wildman–Crippen MR) is 111 cm³/mol. The van der Waals surface area contributed by atoms with Gasteiger partial charge in [-0.2, -0.15) is 13.2 Å². The van der Waals surface area contributed by atoms with E-state index in [1.54, 1.807) is 27.9 Å². The van der Waals surface area contributed by atoms with E-state index in [-0.39, 0.29) is 24.7 Å². The third kappa shape index (κ3) is 5.23. The lowest BCUT2D eigenvalue weighted by molar-refractivity contribution is -0.139. The van der Waals surface area contributed by atoms with Gasteiger partial charge in [0.25, 0.3) is 0 Å². The molecular formula is C22H22F3N3OS. The van der Waals surface area contributed by atoms with Crippen LogP contribution in [0.4, 0.5) is 13.2 Å². The van der Waals surface area contributed by atoms with E-state index in [0.29, 0.717) is 25.9 Å². The summed E-state index contributed by atoms with van der Waals surface area (Å²) in [7, 11) is 0. The van der Waals surface area contributed by atoms with Gasteiger partial charge in [-0.25, -0.2) is 0 Å². The molecule has 0 amide bonds. The lowest BCUT2D eigenvalue weighted by Crippen LogP contribution is -2.38. The zero-order chi connectivity index (χ0) is 21.1. The highest BCUT2D eigenvalue weighted by Crippen LogP contribution is 2.28. The van der Waals surface area contributed by atoms with Gasteiger partial charge < -0.3 is 4.90 Å². The van der Waals surface area contributed by atoms with Gasteiger partial charge in [0, 0.05) is 42.4 Å². The summed E-state index contributed by atoms with van der Waals surface area (Å²) in [6.45, 7) is 1.09. The summed E-state index contributed by atoms with van der Waals surface area (Å²) >= 11 is 1.58. The van der Waals surface area contributed by atoms with E-state index in [2.05, 4.69) is 16.0 Å². The fourth-order valence-electron chi connectivity index (χ4n) is 3.88. The molecule has 0 saturated carbocycles. The first kappa shape index (κ1) is 20.9. The molecule has 1 aliphatic rings. The fraction of sp³-hybridized carbons (Fsp3) is 0.409. The number of rotatable bonds is 6. The largest absolute Gasteiger partial charge is 0.390 e. The smallest absolute Gasteiger partial charge is 0.303 e. The van der Waals surface area contributed by atoms with Crippen LogP contribution in [-0.4, -0.2) is 46.5 Å². The topological polar surface area (TPSA) is 46.1 Å². The molecule has 4 nitrogen and oxygen atoms in total.